The number of thiophene rings is 2. The first-order valence-corrected chi connectivity index (χ1v) is 19.9. The molecule has 3 heterocycles. The molecule has 3 aromatic heterocycles. The summed E-state index contributed by atoms with van der Waals surface area (Å²) in [6.07, 6.45) is 2.61. The van der Waals surface area contributed by atoms with Crippen LogP contribution in [0.1, 0.15) is 59.6 Å². The van der Waals surface area contributed by atoms with E-state index in [0.29, 0.717) is 64.3 Å². The predicted molar refractivity (Wildman–Crippen MR) is 214 cm³/mol. The highest BCUT2D eigenvalue weighted by molar-refractivity contribution is 7.12. The molecule has 1 aliphatic rings. The Balaban J connectivity index is 0.00000348. The molecule has 7 N–H and O–H groups in total. The van der Waals surface area contributed by atoms with Gasteiger partial charge in [-0.05, 0) is 97.3 Å². The Labute approximate surface area is 330 Å². The van der Waals surface area contributed by atoms with Crippen molar-refractivity contribution in [2.45, 2.75) is 68.9 Å². The summed E-state index contributed by atoms with van der Waals surface area (Å²) in [6, 6.07) is 21.0. The monoisotopic (exact) mass is 814 g/mol. The van der Waals surface area contributed by atoms with Gasteiger partial charge in [0, 0.05) is 43.2 Å². The van der Waals surface area contributed by atoms with Gasteiger partial charge in [-0.3, -0.25) is 19.0 Å². The van der Waals surface area contributed by atoms with E-state index in [4.69, 9.17) is 9.47 Å². The van der Waals surface area contributed by atoms with Crippen LogP contribution in [0.4, 0.5) is 9.41 Å². The van der Waals surface area contributed by atoms with Crippen molar-refractivity contribution in [3.05, 3.63) is 115 Å². The number of benzene rings is 2. The maximum atomic E-state index is 13.3. The number of hydrogen-bond donors (Lipinski definition) is 7. The molecule has 2 aromatic carbocycles. The van der Waals surface area contributed by atoms with Gasteiger partial charge in [-0.2, -0.15) is 0 Å². The van der Waals surface area contributed by atoms with Gasteiger partial charge in [0.2, 0.25) is 11.2 Å². The molecule has 56 heavy (non-hydrogen) atoms. The average Bonchev–Trinajstić information content (AvgIpc) is 3.93. The largest absolute Gasteiger partial charge is 0.506 e. The van der Waals surface area contributed by atoms with E-state index in [-0.39, 0.29) is 58.0 Å². The highest BCUT2D eigenvalue weighted by atomic mass is 32.1. The van der Waals surface area contributed by atoms with Crippen LogP contribution in [0.3, 0.4) is 0 Å². The fourth-order valence-corrected chi connectivity index (χ4v) is 8.42. The minimum absolute atomic E-state index is 0. The Morgan fingerprint density at radius 3 is 2.25 bits per heavy atom. The van der Waals surface area contributed by atoms with Crippen LogP contribution in [-0.4, -0.2) is 76.6 Å². The molecule has 0 aliphatic heterocycles. The maximum Gasteiger partial charge on any atom is 0.349 e. The number of aromatic amines is 1. The second-order valence-electron chi connectivity index (χ2n) is 13.6. The maximum absolute atomic E-state index is 13.3. The van der Waals surface area contributed by atoms with Gasteiger partial charge in [-0.25, -0.2) is 4.79 Å². The number of H-pyrrole nitrogens is 1. The van der Waals surface area contributed by atoms with E-state index in [1.807, 2.05) is 54.1 Å². The number of phenols is 1. The van der Waals surface area contributed by atoms with Gasteiger partial charge in [-0.15, -0.1) is 22.7 Å². The summed E-state index contributed by atoms with van der Waals surface area (Å²) < 4.78 is 11.5. The smallest absolute Gasteiger partial charge is 0.349 e. The fraction of sp³-hybridized carbons (Fsp3) is 0.375. The molecule has 1 amide bonds. The number of halogens is 2. The van der Waals surface area contributed by atoms with Gasteiger partial charge in [0.15, 0.2) is 6.61 Å². The number of phenolic OH excluding ortho intramolecular Hbond substituents is 1. The summed E-state index contributed by atoms with van der Waals surface area (Å²) in [7, 11) is 0. The summed E-state index contributed by atoms with van der Waals surface area (Å²) in [4.78, 5) is 41.1. The van der Waals surface area contributed by atoms with Gasteiger partial charge >= 0.3 is 5.97 Å². The number of ether oxygens (including phenoxy) is 2. The normalized spacial score (nSPS) is 16.6. The van der Waals surface area contributed by atoms with Crippen LogP contribution in [-0.2, 0) is 26.3 Å². The number of fused-ring (bicyclic) bond motifs is 1. The summed E-state index contributed by atoms with van der Waals surface area (Å²) in [6.45, 7) is 3.25. The highest BCUT2D eigenvalue weighted by Gasteiger charge is 2.45. The number of carbonyl (C=O) groups is 2. The lowest BCUT2D eigenvalue weighted by Gasteiger charge is -2.32. The van der Waals surface area contributed by atoms with E-state index in [0.717, 1.165) is 18.4 Å². The van der Waals surface area contributed by atoms with Crippen LogP contribution in [0, 0.1) is 0 Å². The number of hydrogen-bond acceptors (Lipinski definition) is 12. The number of carbonyl (C=O) groups excluding carboxylic acids is 2. The Hall–Kier alpha value is -4.71. The number of nitrogens with one attached hydrogen (secondary N) is 4. The van der Waals surface area contributed by atoms with Crippen LogP contribution in [0.2, 0.25) is 0 Å². The molecule has 2 atom stereocenters. The predicted octanol–water partition coefficient (Wildman–Crippen LogP) is 4.79. The minimum Gasteiger partial charge on any atom is -0.506 e. The van der Waals surface area contributed by atoms with Crippen molar-refractivity contribution >= 4 is 45.5 Å². The zero-order valence-electron chi connectivity index (χ0n) is 30.8. The third-order valence-electron chi connectivity index (χ3n) is 9.64. The molecule has 0 spiro atoms. The number of aliphatic hydroxyl groups is 2. The second kappa shape index (κ2) is 20.5. The summed E-state index contributed by atoms with van der Waals surface area (Å²) in [5.41, 5.74) is -0.160. The first kappa shape index (κ1) is 44.0. The van der Waals surface area contributed by atoms with E-state index in [9.17, 15) is 29.7 Å². The van der Waals surface area contributed by atoms with Crippen LogP contribution < -0.4 is 26.2 Å². The topological polar surface area (TPSA) is 182 Å². The van der Waals surface area contributed by atoms with Crippen molar-refractivity contribution in [2.75, 3.05) is 26.2 Å². The lowest BCUT2D eigenvalue weighted by molar-refractivity contribution is -0.169. The Kier molecular flexibility index (Phi) is 16.1. The first-order valence-electron chi connectivity index (χ1n) is 18.1. The molecule has 12 nitrogen and oxygen atoms in total. The molecule has 0 radical (unpaired) electrons. The van der Waals surface area contributed by atoms with Crippen molar-refractivity contribution in [1.29, 1.82) is 0 Å². The number of aromatic nitrogens is 1. The Morgan fingerprint density at radius 1 is 0.929 bits per heavy atom. The molecule has 1 fully saturated rings. The van der Waals surface area contributed by atoms with Crippen LogP contribution in [0.25, 0.3) is 10.9 Å². The molecule has 302 valence electrons. The third kappa shape index (κ3) is 11.0. The average molecular weight is 815 g/mol. The standard InChI is InChI=1S/C40H46N4O8S2.2FH/c1-25(43-23-33(46)30-14-16-32(45)38-31(30)15-17-36(47)44-38)22-26-6-10-28(11-7-26)51-24-37(48)42-19-18-41-27-8-12-29(13-9-27)52-39(49)40(50,34-4-2-20-53-34)35-5-3-21-54-35;;/h2-7,10-11,14-17,20-21,25,27,29,33,41,43,45-46,50H,8-9,12-13,18-19,22-24H2,1H3,(H,42,48)(H,44,47);2*1H/t25?,27-,29-,33-;;/m0../s1. The quantitative estimate of drug-likeness (QED) is 0.0510. The van der Waals surface area contributed by atoms with Crippen LogP contribution in [0.15, 0.2) is 88.4 Å². The molecule has 16 heteroatoms. The summed E-state index contributed by atoms with van der Waals surface area (Å²) in [5.74, 6) is -0.318. The number of esters is 1. The molecule has 1 aliphatic carbocycles. The zero-order valence-corrected chi connectivity index (χ0v) is 32.4. The summed E-state index contributed by atoms with van der Waals surface area (Å²) in [5, 5.41) is 46.4. The first-order chi connectivity index (χ1) is 26.1. The van der Waals surface area contributed by atoms with Gasteiger partial charge in [-0.1, -0.05) is 30.3 Å². The molecule has 6 rings (SSSR count). The molecular formula is C40H48F2N4O8S2. The van der Waals surface area contributed by atoms with Crippen molar-refractivity contribution < 1.29 is 43.8 Å². The third-order valence-corrected chi connectivity index (χ3v) is 11.6. The molecule has 1 saturated carbocycles. The number of aliphatic hydroxyl groups excluding tert-OH is 1. The van der Waals surface area contributed by atoms with E-state index < -0.39 is 17.7 Å². The van der Waals surface area contributed by atoms with Crippen molar-refractivity contribution in [3.63, 3.8) is 0 Å². The van der Waals surface area contributed by atoms with Gasteiger partial charge < -0.3 is 45.7 Å². The Bertz CT molecular complexity index is 2010. The highest BCUT2D eigenvalue weighted by Crippen LogP contribution is 2.38. The van der Waals surface area contributed by atoms with Gasteiger partial charge in [0.05, 0.1) is 21.4 Å². The van der Waals surface area contributed by atoms with Gasteiger partial charge in [0.25, 0.3) is 5.91 Å². The van der Waals surface area contributed by atoms with Crippen molar-refractivity contribution in [1.82, 2.24) is 20.9 Å². The second-order valence-corrected chi connectivity index (χ2v) is 15.5. The van der Waals surface area contributed by atoms with Gasteiger partial charge in [0.1, 0.15) is 17.6 Å². The number of aromatic hydroxyl groups is 1. The van der Waals surface area contributed by atoms with Crippen molar-refractivity contribution in [2.24, 2.45) is 0 Å². The SMILES string of the molecule is CC(Cc1ccc(OCC(=O)NCCN[C@H]2CC[C@H](OC(=O)C(O)(c3cccs3)c3cccs3)CC2)cc1)NC[C@H](O)c1ccc(O)c2[nH]c(=O)ccc12.F.F. The number of pyridine rings is 1. The van der Waals surface area contributed by atoms with Crippen LogP contribution >= 0.6 is 22.7 Å². The zero-order chi connectivity index (χ0) is 38.1. The molecule has 1 unspecified atom stereocenters. The van der Waals surface area contributed by atoms with E-state index in [2.05, 4.69) is 20.9 Å². The lowest BCUT2D eigenvalue weighted by atomic mass is 9.92. The minimum atomic E-state index is -1.80. The summed E-state index contributed by atoms with van der Waals surface area (Å²) >= 11 is 2.66. The Morgan fingerprint density at radius 2 is 1.61 bits per heavy atom. The number of amides is 1. The number of rotatable bonds is 17. The van der Waals surface area contributed by atoms with Crippen molar-refractivity contribution in [3.8, 4) is 11.5 Å². The fourth-order valence-electron chi connectivity index (χ4n) is 6.71. The molecular weight excluding hydrogens is 767 g/mol. The molecule has 5 aromatic rings. The van der Waals surface area contributed by atoms with E-state index >= 15 is 0 Å². The molecule has 0 saturated heterocycles. The van der Waals surface area contributed by atoms with Crippen LogP contribution in [0.5, 0.6) is 11.5 Å². The van der Waals surface area contributed by atoms with E-state index in [1.165, 1.54) is 34.8 Å². The molecule has 0 bridgehead atoms. The lowest BCUT2D eigenvalue weighted by Crippen LogP contribution is -2.43. The van der Waals surface area contributed by atoms with E-state index in [1.54, 1.807) is 24.3 Å².